The topological polar surface area (TPSA) is 67.0 Å². The fourth-order valence-corrected chi connectivity index (χ4v) is 3.25. The lowest BCUT2D eigenvalue weighted by Gasteiger charge is -2.09. The number of H-pyrrole nitrogens is 1. The molecule has 2 heterocycles. The molecule has 0 unspecified atom stereocenters. The second kappa shape index (κ2) is 8.67. The van der Waals surface area contributed by atoms with Crippen molar-refractivity contribution < 1.29 is 9.53 Å². The molecule has 0 saturated heterocycles. The molecule has 0 aliphatic rings. The van der Waals surface area contributed by atoms with Gasteiger partial charge in [0.15, 0.2) is 0 Å². The van der Waals surface area contributed by atoms with Crippen molar-refractivity contribution >= 4 is 17.2 Å². The van der Waals surface area contributed by atoms with Crippen molar-refractivity contribution in [3.05, 3.63) is 59.4 Å². The molecule has 6 heteroatoms. The highest BCUT2D eigenvalue weighted by Crippen LogP contribution is 2.25. The van der Waals surface area contributed by atoms with E-state index in [1.54, 1.807) is 29.8 Å². The van der Waals surface area contributed by atoms with Crippen LogP contribution >= 0.6 is 11.3 Å². The molecule has 136 valence electrons. The minimum absolute atomic E-state index is 0.0856. The number of carbonyl (C=O) groups is 1. The van der Waals surface area contributed by atoms with Gasteiger partial charge in [0.1, 0.15) is 11.4 Å². The van der Waals surface area contributed by atoms with Crippen LogP contribution in [0.1, 0.15) is 29.9 Å². The Kier molecular flexibility index (Phi) is 6.07. The summed E-state index contributed by atoms with van der Waals surface area (Å²) < 4.78 is 5.64. The Morgan fingerprint density at radius 2 is 2.08 bits per heavy atom. The Morgan fingerprint density at radius 1 is 1.27 bits per heavy atom. The molecule has 2 N–H and O–H groups in total. The summed E-state index contributed by atoms with van der Waals surface area (Å²) in [6.45, 7) is 5.42. The van der Waals surface area contributed by atoms with Crippen molar-refractivity contribution in [2.24, 2.45) is 5.92 Å². The number of carbonyl (C=O) groups excluding carboxylic acids is 1. The van der Waals surface area contributed by atoms with Crippen LogP contribution in [0.15, 0.2) is 48.1 Å². The smallest absolute Gasteiger partial charge is 0.251 e. The van der Waals surface area contributed by atoms with Crippen LogP contribution in [-0.2, 0) is 6.42 Å². The van der Waals surface area contributed by atoms with E-state index in [0.29, 0.717) is 31.1 Å². The molecule has 5 nitrogen and oxygen atoms in total. The summed E-state index contributed by atoms with van der Waals surface area (Å²) in [7, 11) is 0. The van der Waals surface area contributed by atoms with E-state index in [0.717, 1.165) is 22.0 Å². The number of ether oxygens (including phenoxy) is 1. The van der Waals surface area contributed by atoms with Gasteiger partial charge in [-0.3, -0.25) is 4.79 Å². The Morgan fingerprint density at radius 3 is 2.77 bits per heavy atom. The summed E-state index contributed by atoms with van der Waals surface area (Å²) in [5.74, 6) is 1.17. The average Bonchev–Trinajstić information content (AvgIpc) is 3.31. The Hall–Kier alpha value is -2.60. The van der Waals surface area contributed by atoms with E-state index in [-0.39, 0.29) is 5.91 Å². The van der Waals surface area contributed by atoms with Crippen LogP contribution < -0.4 is 10.1 Å². The van der Waals surface area contributed by atoms with Crippen molar-refractivity contribution in [3.63, 3.8) is 0 Å². The number of aromatic amines is 1. The maximum absolute atomic E-state index is 12.3. The molecule has 3 rings (SSSR count). The van der Waals surface area contributed by atoms with Crippen LogP contribution in [0.4, 0.5) is 0 Å². The standard InChI is InChI=1S/C20H23N3O2S/c1-14(2)12-25-16-7-5-15(6-8-16)20(24)21-10-9-17-19(23-13-22-17)18-4-3-11-26-18/h3-8,11,13-14H,9-10,12H2,1-2H3,(H,21,24)(H,22,23). The summed E-state index contributed by atoms with van der Waals surface area (Å²) in [6, 6.07) is 11.3. The molecule has 0 fully saturated rings. The number of hydrogen-bond donors (Lipinski definition) is 2. The van der Waals surface area contributed by atoms with E-state index in [9.17, 15) is 4.79 Å². The molecule has 1 aromatic carbocycles. The van der Waals surface area contributed by atoms with Gasteiger partial charge in [-0.05, 0) is 41.6 Å². The maximum Gasteiger partial charge on any atom is 0.251 e. The van der Waals surface area contributed by atoms with Crippen LogP contribution in [0.5, 0.6) is 5.75 Å². The lowest BCUT2D eigenvalue weighted by Crippen LogP contribution is -2.25. The molecule has 0 bridgehead atoms. The van der Waals surface area contributed by atoms with Gasteiger partial charge in [0.2, 0.25) is 0 Å². The molecule has 0 aliphatic carbocycles. The first-order chi connectivity index (χ1) is 12.6. The minimum atomic E-state index is -0.0856. The molecule has 0 spiro atoms. The lowest BCUT2D eigenvalue weighted by molar-refractivity contribution is 0.0954. The monoisotopic (exact) mass is 369 g/mol. The maximum atomic E-state index is 12.3. The normalized spacial score (nSPS) is 10.9. The Labute approximate surface area is 157 Å². The van der Waals surface area contributed by atoms with Crippen molar-refractivity contribution in [1.82, 2.24) is 15.3 Å². The van der Waals surface area contributed by atoms with Crippen molar-refractivity contribution in [1.29, 1.82) is 0 Å². The highest BCUT2D eigenvalue weighted by molar-refractivity contribution is 7.13. The molecule has 0 atom stereocenters. The van der Waals surface area contributed by atoms with E-state index >= 15 is 0 Å². The second-order valence-electron chi connectivity index (χ2n) is 6.44. The Bertz CT molecular complexity index is 823. The quantitative estimate of drug-likeness (QED) is 0.627. The van der Waals surface area contributed by atoms with E-state index < -0.39 is 0 Å². The van der Waals surface area contributed by atoms with Gasteiger partial charge >= 0.3 is 0 Å². The fraction of sp³-hybridized carbons (Fsp3) is 0.300. The molecule has 0 aliphatic heterocycles. The van der Waals surface area contributed by atoms with Gasteiger partial charge in [-0.15, -0.1) is 11.3 Å². The second-order valence-corrected chi connectivity index (χ2v) is 7.39. The fourth-order valence-electron chi connectivity index (χ4n) is 2.51. The third-order valence-corrected chi connectivity index (χ3v) is 4.71. The van der Waals surface area contributed by atoms with E-state index in [2.05, 4.69) is 29.1 Å². The first-order valence-corrected chi connectivity index (χ1v) is 9.58. The third-order valence-electron chi connectivity index (χ3n) is 3.83. The van der Waals surface area contributed by atoms with E-state index in [1.165, 1.54) is 0 Å². The average molecular weight is 369 g/mol. The number of benzene rings is 1. The number of amides is 1. The van der Waals surface area contributed by atoms with Crippen molar-refractivity contribution in [3.8, 4) is 16.3 Å². The predicted octanol–water partition coefficient (Wildman–Crippen LogP) is 4.15. The van der Waals surface area contributed by atoms with Crippen LogP contribution in [0.3, 0.4) is 0 Å². The molecular formula is C20H23N3O2S. The SMILES string of the molecule is CC(C)COc1ccc(C(=O)NCCc2[nH]cnc2-c2cccs2)cc1. The lowest BCUT2D eigenvalue weighted by atomic mass is 10.2. The van der Waals surface area contributed by atoms with Gasteiger partial charge in [-0.25, -0.2) is 4.98 Å². The van der Waals surface area contributed by atoms with Gasteiger partial charge in [0.05, 0.1) is 17.8 Å². The number of nitrogens with zero attached hydrogens (tertiary/aromatic N) is 1. The number of thiophene rings is 1. The molecule has 26 heavy (non-hydrogen) atoms. The largest absolute Gasteiger partial charge is 0.493 e. The van der Waals surface area contributed by atoms with Gasteiger partial charge in [-0.2, -0.15) is 0 Å². The highest BCUT2D eigenvalue weighted by atomic mass is 32.1. The van der Waals surface area contributed by atoms with Crippen LogP contribution in [-0.4, -0.2) is 29.0 Å². The molecule has 2 aromatic heterocycles. The third kappa shape index (κ3) is 4.73. The summed E-state index contributed by atoms with van der Waals surface area (Å²) >= 11 is 1.66. The number of nitrogens with one attached hydrogen (secondary N) is 2. The number of rotatable bonds is 8. The molecule has 0 saturated carbocycles. The van der Waals surface area contributed by atoms with Gasteiger partial charge in [-0.1, -0.05) is 19.9 Å². The van der Waals surface area contributed by atoms with Crippen molar-refractivity contribution in [2.45, 2.75) is 20.3 Å². The van der Waals surface area contributed by atoms with Crippen LogP contribution in [0.2, 0.25) is 0 Å². The summed E-state index contributed by atoms with van der Waals surface area (Å²) in [5.41, 5.74) is 2.62. The van der Waals surface area contributed by atoms with Crippen LogP contribution in [0, 0.1) is 5.92 Å². The van der Waals surface area contributed by atoms with Gasteiger partial charge < -0.3 is 15.0 Å². The minimum Gasteiger partial charge on any atom is -0.493 e. The van der Waals surface area contributed by atoms with Crippen molar-refractivity contribution in [2.75, 3.05) is 13.2 Å². The Balaban J connectivity index is 1.51. The first kappa shape index (κ1) is 18.2. The molecular weight excluding hydrogens is 346 g/mol. The zero-order chi connectivity index (χ0) is 18.4. The van der Waals surface area contributed by atoms with E-state index in [1.807, 2.05) is 29.6 Å². The van der Waals surface area contributed by atoms with Crippen LogP contribution in [0.25, 0.3) is 10.6 Å². The summed E-state index contributed by atoms with van der Waals surface area (Å²) in [4.78, 5) is 21.0. The first-order valence-electron chi connectivity index (χ1n) is 8.70. The number of hydrogen-bond acceptors (Lipinski definition) is 4. The highest BCUT2D eigenvalue weighted by Gasteiger charge is 2.10. The van der Waals surface area contributed by atoms with Gasteiger partial charge in [0, 0.05) is 24.2 Å². The van der Waals surface area contributed by atoms with Gasteiger partial charge in [0.25, 0.3) is 5.91 Å². The summed E-state index contributed by atoms with van der Waals surface area (Å²) in [5, 5.41) is 4.99. The van der Waals surface area contributed by atoms with E-state index in [4.69, 9.17) is 4.74 Å². The molecule has 0 radical (unpaired) electrons. The predicted molar refractivity (Wildman–Crippen MR) is 105 cm³/mol. The number of aromatic nitrogens is 2. The molecule has 1 amide bonds. The molecule has 3 aromatic rings. The zero-order valence-electron chi connectivity index (χ0n) is 15.0. The zero-order valence-corrected chi connectivity index (χ0v) is 15.8. The summed E-state index contributed by atoms with van der Waals surface area (Å²) in [6.07, 6.45) is 2.40. The number of imidazole rings is 1.